The molecule has 1 rings (SSSR count). The van der Waals surface area contributed by atoms with Crippen LogP contribution in [0.3, 0.4) is 0 Å². The van der Waals surface area contributed by atoms with Gasteiger partial charge in [0, 0.05) is 12.6 Å². The second-order valence-electron chi connectivity index (χ2n) is 2.89. The van der Waals surface area contributed by atoms with E-state index in [1.807, 2.05) is 0 Å². The van der Waals surface area contributed by atoms with E-state index >= 15 is 0 Å². The summed E-state index contributed by atoms with van der Waals surface area (Å²) in [4.78, 5) is 0. The summed E-state index contributed by atoms with van der Waals surface area (Å²) in [5.41, 5.74) is 5.38. The van der Waals surface area contributed by atoms with E-state index in [9.17, 15) is 0 Å². The number of rotatable bonds is 4. The van der Waals surface area contributed by atoms with Crippen LogP contribution in [0.1, 0.15) is 25.7 Å². The van der Waals surface area contributed by atoms with Crippen LogP contribution in [-0.2, 0) is 0 Å². The minimum absolute atomic E-state index is 0.745. The van der Waals surface area contributed by atoms with Crippen LogP contribution < -0.4 is 5.73 Å². The Morgan fingerprint density at radius 1 is 1.50 bits per heavy atom. The maximum absolute atomic E-state index is 5.38. The second-order valence-corrected chi connectivity index (χ2v) is 3.40. The summed E-state index contributed by atoms with van der Waals surface area (Å²) in [7, 11) is 0. The minimum atomic E-state index is 0.745. The SMILES string of the molecule is NCCCN(S)C1CCC1. The lowest BCUT2D eigenvalue weighted by Crippen LogP contribution is -2.34. The number of thiol groups is 1. The van der Waals surface area contributed by atoms with Gasteiger partial charge in [0.2, 0.25) is 0 Å². The molecule has 0 radical (unpaired) electrons. The average molecular weight is 160 g/mol. The average Bonchev–Trinajstić information content (AvgIpc) is 1.79. The first-order chi connectivity index (χ1) is 4.84. The Labute approximate surface area is 68.3 Å². The van der Waals surface area contributed by atoms with Gasteiger partial charge in [-0.05, 0) is 25.8 Å². The molecule has 60 valence electrons. The number of hydrogen-bond donors (Lipinski definition) is 2. The van der Waals surface area contributed by atoms with Crippen LogP contribution in [0, 0.1) is 0 Å². The fourth-order valence-corrected chi connectivity index (χ4v) is 1.49. The smallest absolute Gasteiger partial charge is 0.0200 e. The predicted octanol–water partition coefficient (Wildman–Crippen LogP) is 1.03. The van der Waals surface area contributed by atoms with Gasteiger partial charge in [0.1, 0.15) is 0 Å². The Hall–Kier alpha value is 0.270. The van der Waals surface area contributed by atoms with Crippen molar-refractivity contribution in [2.75, 3.05) is 13.1 Å². The fourth-order valence-electron chi connectivity index (χ4n) is 1.12. The highest BCUT2D eigenvalue weighted by molar-refractivity contribution is 7.77. The molecule has 0 heterocycles. The third-order valence-corrected chi connectivity index (χ3v) is 2.61. The summed E-state index contributed by atoms with van der Waals surface area (Å²) in [5.74, 6) is 0. The summed E-state index contributed by atoms with van der Waals surface area (Å²) in [5, 5.41) is 0. The highest BCUT2D eigenvalue weighted by atomic mass is 32.1. The van der Waals surface area contributed by atoms with Crippen LogP contribution in [0.4, 0.5) is 0 Å². The Morgan fingerprint density at radius 2 is 2.20 bits per heavy atom. The largest absolute Gasteiger partial charge is 0.330 e. The van der Waals surface area contributed by atoms with Crippen LogP contribution in [0.15, 0.2) is 0 Å². The molecule has 1 saturated carbocycles. The molecule has 0 unspecified atom stereocenters. The lowest BCUT2D eigenvalue weighted by atomic mass is 9.93. The van der Waals surface area contributed by atoms with Gasteiger partial charge in [-0.1, -0.05) is 19.2 Å². The molecule has 10 heavy (non-hydrogen) atoms. The van der Waals surface area contributed by atoms with E-state index in [0.717, 1.165) is 25.6 Å². The molecular formula is C7H16N2S. The van der Waals surface area contributed by atoms with Gasteiger partial charge in [0.15, 0.2) is 0 Å². The van der Waals surface area contributed by atoms with Gasteiger partial charge in [-0.3, -0.25) is 4.31 Å². The Morgan fingerprint density at radius 3 is 2.60 bits per heavy atom. The molecule has 1 fully saturated rings. The van der Waals surface area contributed by atoms with Gasteiger partial charge in [0.25, 0.3) is 0 Å². The molecular weight excluding hydrogens is 144 g/mol. The van der Waals surface area contributed by atoms with E-state index in [2.05, 4.69) is 17.1 Å². The van der Waals surface area contributed by atoms with Crippen molar-refractivity contribution < 1.29 is 0 Å². The lowest BCUT2D eigenvalue weighted by molar-refractivity contribution is 0.238. The van der Waals surface area contributed by atoms with Crippen molar-refractivity contribution in [3.8, 4) is 0 Å². The van der Waals surface area contributed by atoms with Crippen molar-refractivity contribution in [3.63, 3.8) is 0 Å². The van der Waals surface area contributed by atoms with Crippen LogP contribution >= 0.6 is 12.8 Å². The third-order valence-electron chi connectivity index (χ3n) is 2.09. The molecule has 1 aliphatic rings. The van der Waals surface area contributed by atoms with Crippen molar-refractivity contribution in [1.29, 1.82) is 0 Å². The Bertz CT molecular complexity index is 93.6. The molecule has 0 aromatic rings. The summed E-state index contributed by atoms with van der Waals surface area (Å²) >= 11 is 4.37. The lowest BCUT2D eigenvalue weighted by Gasteiger charge is -2.33. The molecule has 0 aliphatic heterocycles. The van der Waals surface area contributed by atoms with E-state index in [0.29, 0.717) is 0 Å². The number of nitrogens with zero attached hydrogens (tertiary/aromatic N) is 1. The van der Waals surface area contributed by atoms with Gasteiger partial charge in [0.05, 0.1) is 0 Å². The molecule has 3 heteroatoms. The highest BCUT2D eigenvalue weighted by Crippen LogP contribution is 2.25. The molecule has 2 nitrogen and oxygen atoms in total. The Balaban J connectivity index is 2.02. The monoisotopic (exact) mass is 160 g/mol. The summed E-state index contributed by atoms with van der Waals surface area (Å²) in [6.07, 6.45) is 5.10. The summed E-state index contributed by atoms with van der Waals surface area (Å²) < 4.78 is 2.14. The first-order valence-electron chi connectivity index (χ1n) is 4.00. The molecule has 1 aliphatic carbocycles. The maximum Gasteiger partial charge on any atom is 0.0200 e. The predicted molar refractivity (Wildman–Crippen MR) is 47.0 cm³/mol. The van der Waals surface area contributed by atoms with E-state index in [4.69, 9.17) is 5.73 Å². The van der Waals surface area contributed by atoms with Crippen molar-refractivity contribution in [2.45, 2.75) is 31.7 Å². The highest BCUT2D eigenvalue weighted by Gasteiger charge is 2.21. The quantitative estimate of drug-likeness (QED) is 0.602. The van der Waals surface area contributed by atoms with Crippen molar-refractivity contribution in [3.05, 3.63) is 0 Å². The zero-order chi connectivity index (χ0) is 7.40. The maximum atomic E-state index is 5.38. The van der Waals surface area contributed by atoms with Gasteiger partial charge < -0.3 is 5.73 Å². The van der Waals surface area contributed by atoms with Gasteiger partial charge in [-0.15, -0.1) is 0 Å². The van der Waals surface area contributed by atoms with Gasteiger partial charge in [-0.25, -0.2) is 0 Å². The molecule has 0 aromatic carbocycles. The minimum Gasteiger partial charge on any atom is -0.330 e. The van der Waals surface area contributed by atoms with Crippen LogP contribution in [0.25, 0.3) is 0 Å². The zero-order valence-corrected chi connectivity index (χ0v) is 7.19. The Kier molecular flexibility index (Phi) is 3.52. The van der Waals surface area contributed by atoms with Crippen molar-refractivity contribution in [1.82, 2.24) is 4.31 Å². The topological polar surface area (TPSA) is 29.3 Å². The zero-order valence-electron chi connectivity index (χ0n) is 6.29. The standard InChI is InChI=1S/C7H16N2S/c8-5-2-6-9(10)7-3-1-4-7/h7,10H,1-6,8H2. The molecule has 0 atom stereocenters. The van der Waals surface area contributed by atoms with Crippen LogP contribution in [-0.4, -0.2) is 23.4 Å². The fraction of sp³-hybridized carbons (Fsp3) is 1.00. The molecule has 0 bridgehead atoms. The van der Waals surface area contributed by atoms with Crippen molar-refractivity contribution in [2.24, 2.45) is 5.73 Å². The first-order valence-corrected chi connectivity index (χ1v) is 4.40. The van der Waals surface area contributed by atoms with Crippen molar-refractivity contribution >= 4 is 12.8 Å². The molecule has 0 saturated heterocycles. The molecule has 2 N–H and O–H groups in total. The van der Waals surface area contributed by atoms with Gasteiger partial charge in [-0.2, -0.15) is 0 Å². The number of hydrogen-bond acceptors (Lipinski definition) is 3. The normalized spacial score (nSPS) is 19.5. The third kappa shape index (κ3) is 2.15. The molecule has 0 spiro atoms. The first kappa shape index (κ1) is 8.37. The second kappa shape index (κ2) is 4.21. The molecule has 0 amide bonds. The van der Waals surface area contributed by atoms with E-state index in [1.165, 1.54) is 19.3 Å². The number of nitrogens with two attached hydrogens (primary N) is 1. The molecule has 0 aromatic heterocycles. The summed E-state index contributed by atoms with van der Waals surface area (Å²) in [6, 6.07) is 0.745. The van der Waals surface area contributed by atoms with Crippen LogP contribution in [0.2, 0.25) is 0 Å². The van der Waals surface area contributed by atoms with Gasteiger partial charge >= 0.3 is 0 Å². The van der Waals surface area contributed by atoms with E-state index in [-0.39, 0.29) is 0 Å². The van der Waals surface area contributed by atoms with Crippen LogP contribution in [0.5, 0.6) is 0 Å². The van der Waals surface area contributed by atoms with E-state index in [1.54, 1.807) is 0 Å². The van der Waals surface area contributed by atoms with E-state index < -0.39 is 0 Å². The summed E-state index contributed by atoms with van der Waals surface area (Å²) in [6.45, 7) is 1.83.